The summed E-state index contributed by atoms with van der Waals surface area (Å²) in [4.78, 5) is 19.0. The molecule has 96 valence electrons. The van der Waals surface area contributed by atoms with Crippen molar-refractivity contribution in [3.63, 3.8) is 0 Å². The van der Waals surface area contributed by atoms with Gasteiger partial charge in [0, 0.05) is 13.0 Å². The molecular formula is C13H18N4O. The van der Waals surface area contributed by atoms with Crippen LogP contribution in [0.2, 0.25) is 0 Å². The number of nitrogens with one attached hydrogen (secondary N) is 2. The zero-order valence-electron chi connectivity index (χ0n) is 10.5. The van der Waals surface area contributed by atoms with Crippen LogP contribution in [-0.2, 0) is 11.3 Å². The Bertz CT molecular complexity index is 547. The molecule has 0 unspecified atom stereocenters. The lowest BCUT2D eigenvalue weighted by Gasteiger charge is -2.04. The summed E-state index contributed by atoms with van der Waals surface area (Å²) in [5, 5.41) is 2.88. The van der Waals surface area contributed by atoms with Crippen molar-refractivity contribution in [3.8, 4) is 0 Å². The molecule has 0 atom stereocenters. The first-order chi connectivity index (χ1) is 8.69. The molecule has 0 aliphatic heterocycles. The van der Waals surface area contributed by atoms with Crippen molar-refractivity contribution in [2.45, 2.75) is 26.3 Å². The molecule has 0 radical (unpaired) electrons. The molecule has 0 spiro atoms. The summed E-state index contributed by atoms with van der Waals surface area (Å²) in [5.74, 6) is 0.940. The molecule has 5 heteroatoms. The van der Waals surface area contributed by atoms with Crippen LogP contribution in [0.5, 0.6) is 0 Å². The Hall–Kier alpha value is -1.88. The number of carbonyl (C=O) groups excluding carboxylic acids is 1. The number of aryl methyl sites for hydroxylation is 1. The van der Waals surface area contributed by atoms with E-state index >= 15 is 0 Å². The minimum absolute atomic E-state index is 0.0429. The molecule has 0 saturated heterocycles. The number of nitrogens with zero attached hydrogens (tertiary/aromatic N) is 1. The molecule has 1 aromatic carbocycles. The van der Waals surface area contributed by atoms with Crippen LogP contribution in [0.15, 0.2) is 18.2 Å². The van der Waals surface area contributed by atoms with Crippen molar-refractivity contribution in [1.29, 1.82) is 0 Å². The highest BCUT2D eigenvalue weighted by Gasteiger charge is 2.03. The van der Waals surface area contributed by atoms with E-state index in [1.807, 2.05) is 25.1 Å². The number of aromatic amines is 1. The van der Waals surface area contributed by atoms with Crippen LogP contribution in [0, 0.1) is 6.92 Å². The number of aromatic nitrogens is 2. The van der Waals surface area contributed by atoms with Gasteiger partial charge in [-0.15, -0.1) is 0 Å². The molecule has 0 saturated carbocycles. The summed E-state index contributed by atoms with van der Waals surface area (Å²) in [7, 11) is 0. The molecule has 2 aromatic rings. The van der Waals surface area contributed by atoms with Gasteiger partial charge >= 0.3 is 0 Å². The summed E-state index contributed by atoms with van der Waals surface area (Å²) in [5.41, 5.74) is 8.37. The van der Waals surface area contributed by atoms with E-state index in [4.69, 9.17) is 5.73 Å². The first kappa shape index (κ1) is 12.6. The van der Waals surface area contributed by atoms with Crippen molar-refractivity contribution >= 4 is 16.9 Å². The highest BCUT2D eigenvalue weighted by molar-refractivity contribution is 5.77. The summed E-state index contributed by atoms with van der Waals surface area (Å²) >= 11 is 0. The summed E-state index contributed by atoms with van der Waals surface area (Å²) in [6.07, 6.45) is 1.21. The molecule has 0 aliphatic rings. The Morgan fingerprint density at radius 1 is 1.50 bits per heavy atom. The largest absolute Gasteiger partial charge is 0.352 e. The predicted octanol–water partition coefficient (Wildman–Crippen LogP) is 1.23. The molecule has 18 heavy (non-hydrogen) atoms. The van der Waals surface area contributed by atoms with E-state index in [9.17, 15) is 4.79 Å². The lowest BCUT2D eigenvalue weighted by Crippen LogP contribution is -2.23. The first-order valence-corrected chi connectivity index (χ1v) is 6.11. The van der Waals surface area contributed by atoms with Crippen LogP contribution >= 0.6 is 0 Å². The lowest BCUT2D eigenvalue weighted by atomic mass is 10.2. The second-order valence-corrected chi connectivity index (χ2v) is 4.34. The third kappa shape index (κ3) is 3.07. The minimum Gasteiger partial charge on any atom is -0.352 e. The zero-order chi connectivity index (χ0) is 13.0. The number of hydrogen-bond donors (Lipinski definition) is 3. The number of amides is 1. The van der Waals surface area contributed by atoms with Crippen LogP contribution in [0.3, 0.4) is 0 Å². The molecule has 0 bridgehead atoms. The number of benzene rings is 1. The van der Waals surface area contributed by atoms with Gasteiger partial charge in [-0.25, -0.2) is 4.98 Å². The maximum absolute atomic E-state index is 11.5. The number of hydrogen-bond acceptors (Lipinski definition) is 3. The van der Waals surface area contributed by atoms with E-state index in [0.29, 0.717) is 19.5 Å². The van der Waals surface area contributed by atoms with Crippen molar-refractivity contribution in [2.75, 3.05) is 6.54 Å². The van der Waals surface area contributed by atoms with E-state index in [-0.39, 0.29) is 5.91 Å². The van der Waals surface area contributed by atoms with Crippen LogP contribution in [-0.4, -0.2) is 22.4 Å². The molecular weight excluding hydrogens is 228 g/mol. The maximum atomic E-state index is 11.5. The van der Waals surface area contributed by atoms with Crippen molar-refractivity contribution in [3.05, 3.63) is 29.6 Å². The fourth-order valence-electron chi connectivity index (χ4n) is 1.85. The second kappa shape index (κ2) is 5.64. The fourth-order valence-corrected chi connectivity index (χ4v) is 1.85. The van der Waals surface area contributed by atoms with E-state index in [2.05, 4.69) is 15.3 Å². The Morgan fingerprint density at radius 3 is 3.11 bits per heavy atom. The number of H-pyrrole nitrogens is 1. The van der Waals surface area contributed by atoms with Gasteiger partial charge in [0.25, 0.3) is 0 Å². The van der Waals surface area contributed by atoms with Gasteiger partial charge in [-0.2, -0.15) is 0 Å². The van der Waals surface area contributed by atoms with Crippen molar-refractivity contribution in [1.82, 2.24) is 15.3 Å². The Balaban J connectivity index is 1.97. The maximum Gasteiger partial charge on any atom is 0.220 e. The van der Waals surface area contributed by atoms with Crippen molar-refractivity contribution in [2.24, 2.45) is 5.73 Å². The van der Waals surface area contributed by atoms with Crippen LogP contribution < -0.4 is 11.1 Å². The highest BCUT2D eigenvalue weighted by Crippen LogP contribution is 2.13. The van der Waals surface area contributed by atoms with Crippen LogP contribution in [0.25, 0.3) is 11.0 Å². The van der Waals surface area contributed by atoms with Crippen molar-refractivity contribution < 1.29 is 4.79 Å². The van der Waals surface area contributed by atoms with Gasteiger partial charge < -0.3 is 16.0 Å². The number of fused-ring (bicyclic) bond motifs is 1. The predicted molar refractivity (Wildman–Crippen MR) is 71.0 cm³/mol. The fraction of sp³-hybridized carbons (Fsp3) is 0.385. The van der Waals surface area contributed by atoms with Crippen LogP contribution in [0.4, 0.5) is 0 Å². The zero-order valence-corrected chi connectivity index (χ0v) is 10.5. The van der Waals surface area contributed by atoms with Gasteiger partial charge in [0.15, 0.2) is 0 Å². The topological polar surface area (TPSA) is 83.8 Å². The SMILES string of the molecule is Cc1nc2ccc(CNC(=O)CCCN)cc2[nH]1. The Kier molecular flexibility index (Phi) is 3.94. The normalized spacial score (nSPS) is 10.8. The number of rotatable bonds is 5. The Labute approximate surface area is 106 Å². The molecule has 1 heterocycles. The highest BCUT2D eigenvalue weighted by atomic mass is 16.1. The monoisotopic (exact) mass is 246 g/mol. The lowest BCUT2D eigenvalue weighted by molar-refractivity contribution is -0.121. The third-order valence-corrected chi connectivity index (χ3v) is 2.76. The van der Waals surface area contributed by atoms with E-state index in [0.717, 1.165) is 28.8 Å². The average molecular weight is 246 g/mol. The minimum atomic E-state index is 0.0429. The van der Waals surface area contributed by atoms with Gasteiger partial charge in [-0.1, -0.05) is 6.07 Å². The third-order valence-electron chi connectivity index (χ3n) is 2.76. The molecule has 0 fully saturated rings. The Morgan fingerprint density at radius 2 is 2.33 bits per heavy atom. The van der Waals surface area contributed by atoms with E-state index in [1.54, 1.807) is 0 Å². The average Bonchev–Trinajstić information content (AvgIpc) is 2.73. The van der Waals surface area contributed by atoms with Gasteiger partial charge in [0.1, 0.15) is 5.82 Å². The number of imidazole rings is 1. The summed E-state index contributed by atoms with van der Waals surface area (Å²) in [6, 6.07) is 5.95. The van der Waals surface area contributed by atoms with Gasteiger partial charge in [-0.3, -0.25) is 4.79 Å². The van der Waals surface area contributed by atoms with Gasteiger partial charge in [-0.05, 0) is 37.6 Å². The molecule has 1 aromatic heterocycles. The quantitative estimate of drug-likeness (QED) is 0.741. The first-order valence-electron chi connectivity index (χ1n) is 6.11. The molecule has 4 N–H and O–H groups in total. The van der Waals surface area contributed by atoms with Gasteiger partial charge in [0.05, 0.1) is 11.0 Å². The molecule has 1 amide bonds. The molecule has 0 aliphatic carbocycles. The summed E-state index contributed by atoms with van der Waals surface area (Å²) < 4.78 is 0. The number of carbonyl (C=O) groups is 1. The molecule has 2 rings (SSSR count). The van der Waals surface area contributed by atoms with E-state index in [1.165, 1.54) is 0 Å². The number of nitrogens with two attached hydrogens (primary N) is 1. The molecule has 5 nitrogen and oxygen atoms in total. The van der Waals surface area contributed by atoms with Crippen LogP contribution in [0.1, 0.15) is 24.2 Å². The second-order valence-electron chi connectivity index (χ2n) is 4.34. The summed E-state index contributed by atoms with van der Waals surface area (Å²) in [6.45, 7) is 3.01. The van der Waals surface area contributed by atoms with Gasteiger partial charge in [0.2, 0.25) is 5.91 Å². The standard InChI is InChI=1S/C13H18N4O/c1-9-16-11-5-4-10(7-12(11)17-9)8-15-13(18)3-2-6-14/h4-5,7H,2-3,6,8,14H2,1H3,(H,15,18)(H,16,17). The smallest absolute Gasteiger partial charge is 0.220 e. The van der Waals surface area contributed by atoms with E-state index < -0.39 is 0 Å².